The van der Waals surface area contributed by atoms with Crippen LogP contribution in [0.4, 0.5) is 15.6 Å². The molecule has 0 radical (unpaired) electrons. The van der Waals surface area contributed by atoms with Gasteiger partial charge in [-0.3, -0.25) is 4.79 Å². The molecule has 1 aliphatic heterocycles. The molecule has 0 atom stereocenters. The molecule has 1 aromatic carbocycles. The molecule has 10 heteroatoms. The minimum absolute atomic E-state index is 0.0344. The Morgan fingerprint density at radius 1 is 1.24 bits per heavy atom. The fourth-order valence-electron chi connectivity index (χ4n) is 2.90. The Balaban J connectivity index is 1.38. The number of aromatic nitrogens is 2. The first-order valence-corrected chi connectivity index (χ1v) is 11.3. The van der Waals surface area contributed by atoms with Crippen molar-refractivity contribution < 1.29 is 14.3 Å². The predicted octanol–water partition coefficient (Wildman–Crippen LogP) is 3.42. The Kier molecular flexibility index (Phi) is 7.70. The van der Waals surface area contributed by atoms with Gasteiger partial charge in [0.1, 0.15) is 0 Å². The van der Waals surface area contributed by atoms with E-state index in [9.17, 15) is 9.59 Å². The molecule has 1 saturated heterocycles. The number of hydrogen-bond acceptors (Lipinski definition) is 8. The van der Waals surface area contributed by atoms with Gasteiger partial charge >= 0.3 is 6.09 Å². The van der Waals surface area contributed by atoms with Gasteiger partial charge in [-0.25, -0.2) is 4.79 Å². The first-order chi connectivity index (χ1) is 14.0. The molecule has 2 amide bonds. The Bertz CT molecular complexity index is 820. The SMILES string of the molecule is CCOC(=O)N1CCC(NC(=O)CSc2nnc(Nc3ccc(C)cc3)s2)CC1. The second-order valence-electron chi connectivity index (χ2n) is 6.68. The van der Waals surface area contributed by atoms with E-state index in [-0.39, 0.29) is 23.8 Å². The zero-order valence-corrected chi connectivity index (χ0v) is 18.1. The lowest BCUT2D eigenvalue weighted by molar-refractivity contribution is -0.119. The number of nitrogens with zero attached hydrogens (tertiary/aromatic N) is 3. The highest BCUT2D eigenvalue weighted by molar-refractivity contribution is 8.01. The van der Waals surface area contributed by atoms with Crippen LogP contribution in [0.2, 0.25) is 0 Å². The van der Waals surface area contributed by atoms with E-state index in [1.165, 1.54) is 28.7 Å². The molecule has 156 valence electrons. The van der Waals surface area contributed by atoms with Crippen molar-refractivity contribution in [2.24, 2.45) is 0 Å². The number of carbonyl (C=O) groups excluding carboxylic acids is 2. The van der Waals surface area contributed by atoms with Crippen molar-refractivity contribution in [2.45, 2.75) is 37.1 Å². The average molecular weight is 436 g/mol. The van der Waals surface area contributed by atoms with Crippen molar-refractivity contribution in [3.8, 4) is 0 Å². The van der Waals surface area contributed by atoms with Crippen LogP contribution in [-0.4, -0.2) is 58.6 Å². The van der Waals surface area contributed by atoms with E-state index in [1.807, 2.05) is 31.2 Å². The molecule has 1 fully saturated rings. The van der Waals surface area contributed by atoms with Crippen LogP contribution in [0.15, 0.2) is 28.6 Å². The second-order valence-corrected chi connectivity index (χ2v) is 8.88. The normalized spacial score (nSPS) is 14.5. The molecule has 1 aliphatic rings. The average Bonchev–Trinajstić information content (AvgIpc) is 3.16. The van der Waals surface area contributed by atoms with E-state index in [1.54, 1.807) is 11.8 Å². The highest BCUT2D eigenvalue weighted by Gasteiger charge is 2.24. The molecule has 2 aromatic rings. The van der Waals surface area contributed by atoms with E-state index in [4.69, 9.17) is 4.74 Å². The van der Waals surface area contributed by atoms with Gasteiger partial charge in [-0.1, -0.05) is 40.8 Å². The van der Waals surface area contributed by atoms with Gasteiger partial charge in [0.05, 0.1) is 12.4 Å². The number of rotatable bonds is 7. The van der Waals surface area contributed by atoms with E-state index in [0.717, 1.165) is 22.9 Å². The third kappa shape index (κ3) is 6.60. The van der Waals surface area contributed by atoms with Gasteiger partial charge in [0, 0.05) is 24.8 Å². The highest BCUT2D eigenvalue weighted by Crippen LogP contribution is 2.27. The summed E-state index contributed by atoms with van der Waals surface area (Å²) in [7, 11) is 0. The largest absolute Gasteiger partial charge is 0.450 e. The minimum Gasteiger partial charge on any atom is -0.450 e. The van der Waals surface area contributed by atoms with Crippen LogP contribution >= 0.6 is 23.1 Å². The first-order valence-electron chi connectivity index (χ1n) is 9.54. The number of amides is 2. The third-order valence-corrected chi connectivity index (χ3v) is 6.39. The summed E-state index contributed by atoms with van der Waals surface area (Å²) in [5.74, 6) is 0.255. The van der Waals surface area contributed by atoms with Crippen LogP contribution in [0.25, 0.3) is 0 Å². The second kappa shape index (κ2) is 10.4. The van der Waals surface area contributed by atoms with Gasteiger partial charge in [-0.2, -0.15) is 0 Å². The number of likely N-dealkylation sites (tertiary alicyclic amines) is 1. The third-order valence-electron chi connectivity index (χ3n) is 4.42. The van der Waals surface area contributed by atoms with Crippen LogP contribution in [-0.2, 0) is 9.53 Å². The molecule has 8 nitrogen and oxygen atoms in total. The Hall–Kier alpha value is -2.33. The van der Waals surface area contributed by atoms with Crippen LogP contribution in [0.3, 0.4) is 0 Å². The molecule has 0 bridgehead atoms. The quantitative estimate of drug-likeness (QED) is 0.643. The van der Waals surface area contributed by atoms with Crippen molar-refractivity contribution in [3.05, 3.63) is 29.8 Å². The maximum Gasteiger partial charge on any atom is 0.409 e. The number of carbonyl (C=O) groups is 2. The van der Waals surface area contributed by atoms with E-state index in [0.29, 0.717) is 24.8 Å². The number of thioether (sulfide) groups is 1. The minimum atomic E-state index is -0.279. The van der Waals surface area contributed by atoms with Gasteiger partial charge in [-0.15, -0.1) is 10.2 Å². The molecular formula is C19H25N5O3S2. The molecule has 3 rings (SSSR count). The van der Waals surface area contributed by atoms with Crippen molar-refractivity contribution >= 4 is 45.9 Å². The number of piperidine rings is 1. The molecule has 2 heterocycles. The molecule has 0 unspecified atom stereocenters. The molecular weight excluding hydrogens is 410 g/mol. The van der Waals surface area contributed by atoms with Crippen LogP contribution in [0.5, 0.6) is 0 Å². The predicted molar refractivity (Wildman–Crippen MR) is 115 cm³/mol. The monoisotopic (exact) mass is 435 g/mol. The number of aryl methyl sites for hydroxylation is 1. The number of hydrogen-bond donors (Lipinski definition) is 2. The summed E-state index contributed by atoms with van der Waals surface area (Å²) in [4.78, 5) is 25.6. The molecule has 0 spiro atoms. The fourth-order valence-corrected chi connectivity index (χ4v) is 4.48. The van der Waals surface area contributed by atoms with Gasteiger partial charge in [-0.05, 0) is 38.8 Å². The van der Waals surface area contributed by atoms with Gasteiger partial charge in [0.15, 0.2) is 4.34 Å². The topological polar surface area (TPSA) is 96.5 Å². The van der Waals surface area contributed by atoms with Gasteiger partial charge in [0.25, 0.3) is 0 Å². The van der Waals surface area contributed by atoms with Crippen LogP contribution < -0.4 is 10.6 Å². The Morgan fingerprint density at radius 3 is 2.66 bits per heavy atom. The smallest absolute Gasteiger partial charge is 0.409 e. The molecule has 1 aromatic heterocycles. The zero-order chi connectivity index (χ0) is 20.6. The van der Waals surface area contributed by atoms with Crippen molar-refractivity contribution in [2.75, 3.05) is 30.8 Å². The summed E-state index contributed by atoms with van der Waals surface area (Å²) in [5.41, 5.74) is 2.15. The number of ether oxygens (including phenoxy) is 1. The highest BCUT2D eigenvalue weighted by atomic mass is 32.2. The molecule has 0 aliphatic carbocycles. The molecule has 29 heavy (non-hydrogen) atoms. The fraction of sp³-hybridized carbons (Fsp3) is 0.474. The maximum atomic E-state index is 12.2. The lowest BCUT2D eigenvalue weighted by Gasteiger charge is -2.31. The van der Waals surface area contributed by atoms with E-state index >= 15 is 0 Å². The van der Waals surface area contributed by atoms with Gasteiger partial charge < -0.3 is 20.3 Å². The van der Waals surface area contributed by atoms with Crippen molar-refractivity contribution in [3.63, 3.8) is 0 Å². The Morgan fingerprint density at radius 2 is 1.97 bits per heavy atom. The summed E-state index contributed by atoms with van der Waals surface area (Å²) in [5, 5.41) is 15.2. The van der Waals surface area contributed by atoms with Crippen molar-refractivity contribution in [1.29, 1.82) is 0 Å². The van der Waals surface area contributed by atoms with E-state index in [2.05, 4.69) is 20.8 Å². The van der Waals surface area contributed by atoms with Crippen molar-refractivity contribution in [1.82, 2.24) is 20.4 Å². The summed E-state index contributed by atoms with van der Waals surface area (Å²) in [6.07, 6.45) is 1.19. The summed E-state index contributed by atoms with van der Waals surface area (Å²) >= 11 is 2.79. The summed E-state index contributed by atoms with van der Waals surface area (Å²) in [6.45, 7) is 5.41. The number of benzene rings is 1. The van der Waals surface area contributed by atoms with Gasteiger partial charge in [0.2, 0.25) is 11.0 Å². The Labute approximate surface area is 178 Å². The number of anilines is 2. The maximum absolute atomic E-state index is 12.2. The standard InChI is InChI=1S/C19H25N5O3S2/c1-3-27-19(26)24-10-8-15(9-11-24)20-16(25)12-28-18-23-22-17(29-18)21-14-6-4-13(2)5-7-14/h4-7,15H,3,8-12H2,1-2H3,(H,20,25)(H,21,22). The van der Waals surface area contributed by atoms with E-state index < -0.39 is 0 Å². The molecule has 0 saturated carbocycles. The van der Waals surface area contributed by atoms with Crippen LogP contribution in [0.1, 0.15) is 25.3 Å². The zero-order valence-electron chi connectivity index (χ0n) is 16.5. The summed E-state index contributed by atoms with van der Waals surface area (Å²) < 4.78 is 5.75. The lowest BCUT2D eigenvalue weighted by atomic mass is 10.1. The number of nitrogens with one attached hydrogen (secondary N) is 2. The van der Waals surface area contributed by atoms with Crippen LogP contribution in [0, 0.1) is 6.92 Å². The first kappa shape index (κ1) is 21.4. The summed E-state index contributed by atoms with van der Waals surface area (Å²) in [6, 6.07) is 8.12. The lowest BCUT2D eigenvalue weighted by Crippen LogP contribution is -2.47. The molecule has 2 N–H and O–H groups in total.